The molecule has 17 heavy (non-hydrogen) atoms. The van der Waals surface area contributed by atoms with E-state index in [-0.39, 0.29) is 6.01 Å². The number of anilines is 1. The number of aryl methyl sites for hydroxylation is 1. The van der Waals surface area contributed by atoms with E-state index in [1.807, 2.05) is 0 Å². The minimum Gasteiger partial charge on any atom is -0.481 e. The number of aliphatic carboxylic acids is 1. The molecule has 1 aliphatic carbocycles. The Balaban J connectivity index is 2.05. The molecule has 0 bridgehead atoms. The number of aromatic nitrogens is 2. The Morgan fingerprint density at radius 3 is 2.47 bits per heavy atom. The zero-order valence-corrected chi connectivity index (χ0v) is 9.72. The van der Waals surface area contributed by atoms with Crippen molar-refractivity contribution in [2.75, 3.05) is 5.32 Å². The third kappa shape index (κ3) is 1.88. The van der Waals surface area contributed by atoms with E-state index in [1.165, 1.54) is 0 Å². The van der Waals surface area contributed by atoms with Crippen LogP contribution in [0.4, 0.5) is 6.01 Å². The van der Waals surface area contributed by atoms with E-state index >= 15 is 0 Å². The van der Waals surface area contributed by atoms with Crippen LogP contribution in [0.15, 0.2) is 4.52 Å². The van der Waals surface area contributed by atoms with E-state index in [0.29, 0.717) is 5.82 Å². The van der Waals surface area contributed by atoms with Gasteiger partial charge in [0.2, 0.25) is 5.91 Å². The first kappa shape index (κ1) is 11.6. The average Bonchev–Trinajstić information content (AvgIpc) is 2.54. The molecule has 2 N–H and O–H groups in total. The molecule has 1 amide bonds. The summed E-state index contributed by atoms with van der Waals surface area (Å²) in [5.74, 6) is -2.17. The number of carboxylic acid groups (broad SMARTS) is 1. The highest BCUT2D eigenvalue weighted by Crippen LogP contribution is 2.58. The fourth-order valence-electron chi connectivity index (χ4n) is 2.12. The summed E-state index contributed by atoms with van der Waals surface area (Å²) in [5.41, 5.74) is -0.537. The number of rotatable bonds is 3. The molecule has 0 radical (unpaired) electrons. The molecule has 1 saturated carbocycles. The molecule has 7 heteroatoms. The summed E-state index contributed by atoms with van der Waals surface area (Å²) in [6, 6.07) is -0.000612. The highest BCUT2D eigenvalue weighted by Gasteiger charge is 2.66. The Hall–Kier alpha value is -1.92. The van der Waals surface area contributed by atoms with Crippen LogP contribution in [0.5, 0.6) is 0 Å². The molecule has 2 atom stereocenters. The van der Waals surface area contributed by atoms with Crippen LogP contribution in [-0.2, 0) is 9.59 Å². The predicted molar refractivity (Wildman–Crippen MR) is 56.1 cm³/mol. The molecule has 2 rings (SSSR count). The van der Waals surface area contributed by atoms with E-state index in [0.717, 1.165) is 0 Å². The van der Waals surface area contributed by atoms with Gasteiger partial charge in [-0.25, -0.2) is 0 Å². The molecular formula is C10H13N3O4. The van der Waals surface area contributed by atoms with Gasteiger partial charge in [-0.2, -0.15) is 4.98 Å². The number of carbonyl (C=O) groups excluding carboxylic acids is 1. The zero-order chi connectivity index (χ0) is 12.8. The van der Waals surface area contributed by atoms with Crippen molar-refractivity contribution in [3.8, 4) is 0 Å². The molecule has 0 aliphatic heterocycles. The molecule has 0 saturated heterocycles. The van der Waals surface area contributed by atoms with Gasteiger partial charge in [0.05, 0.1) is 11.8 Å². The average molecular weight is 239 g/mol. The van der Waals surface area contributed by atoms with Gasteiger partial charge in [-0.15, -0.1) is 0 Å². The molecule has 1 heterocycles. The first-order valence-electron chi connectivity index (χ1n) is 5.18. The number of amides is 1. The van der Waals surface area contributed by atoms with Crippen LogP contribution in [0.25, 0.3) is 0 Å². The molecule has 1 aromatic heterocycles. The lowest BCUT2D eigenvalue weighted by Gasteiger charge is -2.00. The number of hydrogen-bond acceptors (Lipinski definition) is 5. The maximum atomic E-state index is 11.8. The fraction of sp³-hybridized carbons (Fsp3) is 0.600. The fourth-order valence-corrected chi connectivity index (χ4v) is 2.12. The lowest BCUT2D eigenvalue weighted by atomic mass is 10.1. The van der Waals surface area contributed by atoms with Crippen LogP contribution in [0.2, 0.25) is 0 Å². The number of nitrogens with one attached hydrogen (secondary N) is 1. The van der Waals surface area contributed by atoms with Crippen LogP contribution < -0.4 is 5.32 Å². The quantitative estimate of drug-likeness (QED) is 0.803. The maximum absolute atomic E-state index is 11.8. The van der Waals surface area contributed by atoms with Gasteiger partial charge in [-0.05, 0) is 12.3 Å². The summed E-state index contributed by atoms with van der Waals surface area (Å²) in [4.78, 5) is 26.6. The first-order valence-corrected chi connectivity index (χ1v) is 5.18. The Morgan fingerprint density at radius 1 is 1.41 bits per heavy atom. The Labute approximate surface area is 97.2 Å². The van der Waals surface area contributed by atoms with Crippen LogP contribution in [-0.4, -0.2) is 27.1 Å². The smallest absolute Gasteiger partial charge is 0.328 e. The molecule has 1 aliphatic rings. The van der Waals surface area contributed by atoms with Gasteiger partial charge in [0, 0.05) is 0 Å². The van der Waals surface area contributed by atoms with Gasteiger partial charge in [-0.3, -0.25) is 14.9 Å². The topological polar surface area (TPSA) is 105 Å². The summed E-state index contributed by atoms with van der Waals surface area (Å²) in [7, 11) is 0. The molecule has 0 aromatic carbocycles. The standard InChI is InChI=1S/C10H13N3O4/c1-4-11-9(17-13-4)12-7(14)5-6(8(15)16)10(5,2)3/h5-6H,1-3H3,(H,15,16)(H,11,12,13,14). The highest BCUT2D eigenvalue weighted by atomic mass is 16.5. The molecule has 7 nitrogen and oxygen atoms in total. The number of carbonyl (C=O) groups is 2. The van der Waals surface area contributed by atoms with E-state index in [2.05, 4.69) is 15.5 Å². The van der Waals surface area contributed by atoms with E-state index in [4.69, 9.17) is 9.63 Å². The summed E-state index contributed by atoms with van der Waals surface area (Å²) in [6.07, 6.45) is 0. The lowest BCUT2D eigenvalue weighted by molar-refractivity contribution is -0.140. The van der Waals surface area contributed by atoms with Gasteiger partial charge in [0.25, 0.3) is 0 Å². The minimum atomic E-state index is -0.961. The maximum Gasteiger partial charge on any atom is 0.328 e. The third-order valence-corrected chi connectivity index (χ3v) is 3.13. The van der Waals surface area contributed by atoms with Crippen LogP contribution in [0, 0.1) is 24.2 Å². The van der Waals surface area contributed by atoms with Crippen LogP contribution in [0.3, 0.4) is 0 Å². The highest BCUT2D eigenvalue weighted by molar-refractivity contribution is 5.98. The van der Waals surface area contributed by atoms with Gasteiger partial charge >= 0.3 is 12.0 Å². The minimum absolute atomic E-state index is 0.000612. The predicted octanol–water partition coefficient (Wildman–Crippen LogP) is 0.673. The third-order valence-electron chi connectivity index (χ3n) is 3.13. The van der Waals surface area contributed by atoms with E-state index in [1.54, 1.807) is 20.8 Å². The second kappa shape index (κ2) is 3.54. The van der Waals surface area contributed by atoms with Gasteiger partial charge < -0.3 is 9.63 Å². The summed E-state index contributed by atoms with van der Waals surface area (Å²) in [6.45, 7) is 5.12. The number of nitrogens with zero attached hydrogens (tertiary/aromatic N) is 2. The van der Waals surface area contributed by atoms with Crippen molar-refractivity contribution >= 4 is 17.9 Å². The van der Waals surface area contributed by atoms with Crippen molar-refractivity contribution in [1.82, 2.24) is 10.1 Å². The van der Waals surface area contributed by atoms with Crippen LogP contribution >= 0.6 is 0 Å². The first-order chi connectivity index (χ1) is 7.84. The SMILES string of the molecule is Cc1noc(NC(=O)C2C(C(=O)O)C2(C)C)n1. The molecule has 1 aromatic rings. The summed E-state index contributed by atoms with van der Waals surface area (Å²) >= 11 is 0. The molecule has 1 fully saturated rings. The van der Waals surface area contributed by atoms with Crippen molar-refractivity contribution in [2.24, 2.45) is 17.3 Å². The van der Waals surface area contributed by atoms with Gasteiger partial charge in [0.1, 0.15) is 0 Å². The normalized spacial score (nSPS) is 25.4. The number of carboxylic acids is 1. The molecule has 0 spiro atoms. The lowest BCUT2D eigenvalue weighted by Crippen LogP contribution is -2.17. The Bertz CT molecular complexity index is 480. The largest absolute Gasteiger partial charge is 0.481 e. The van der Waals surface area contributed by atoms with Gasteiger partial charge in [0.15, 0.2) is 5.82 Å². The Kier molecular flexibility index (Phi) is 2.41. The van der Waals surface area contributed by atoms with Crippen molar-refractivity contribution < 1.29 is 19.2 Å². The Morgan fingerprint density at radius 2 is 2.06 bits per heavy atom. The zero-order valence-electron chi connectivity index (χ0n) is 9.72. The monoisotopic (exact) mass is 239 g/mol. The van der Waals surface area contributed by atoms with Crippen molar-refractivity contribution in [3.63, 3.8) is 0 Å². The van der Waals surface area contributed by atoms with E-state index < -0.39 is 29.1 Å². The molecular weight excluding hydrogens is 226 g/mol. The van der Waals surface area contributed by atoms with E-state index in [9.17, 15) is 9.59 Å². The van der Waals surface area contributed by atoms with Crippen molar-refractivity contribution in [1.29, 1.82) is 0 Å². The number of hydrogen-bond donors (Lipinski definition) is 2. The van der Waals surface area contributed by atoms with Crippen LogP contribution in [0.1, 0.15) is 19.7 Å². The molecule has 92 valence electrons. The van der Waals surface area contributed by atoms with Crippen molar-refractivity contribution in [3.05, 3.63) is 5.82 Å². The van der Waals surface area contributed by atoms with Gasteiger partial charge in [-0.1, -0.05) is 19.0 Å². The summed E-state index contributed by atoms with van der Waals surface area (Å²) in [5, 5.41) is 14.9. The second-order valence-electron chi connectivity index (χ2n) is 4.75. The second-order valence-corrected chi connectivity index (χ2v) is 4.75. The summed E-state index contributed by atoms with van der Waals surface area (Å²) < 4.78 is 4.74. The van der Waals surface area contributed by atoms with Crippen molar-refractivity contribution in [2.45, 2.75) is 20.8 Å². The molecule has 2 unspecified atom stereocenters.